The number of carboxylic acid groups (broad SMARTS) is 4. The van der Waals surface area contributed by atoms with Crippen LogP contribution in [0.1, 0.15) is 117 Å². The predicted octanol–water partition coefficient (Wildman–Crippen LogP) is 20.1. The van der Waals surface area contributed by atoms with Gasteiger partial charge in [-0.3, -0.25) is 0 Å². The first-order valence-electron chi connectivity index (χ1n) is 33.0. The Morgan fingerprint density at radius 3 is 0.538 bits per heavy atom. The predicted molar refractivity (Wildman–Crippen MR) is 434 cm³/mol. The minimum Gasteiger partial charge on any atom is -0.549 e. The van der Waals surface area contributed by atoms with Gasteiger partial charge >= 0.3 is 39.0 Å². The summed E-state index contributed by atoms with van der Waals surface area (Å²) in [7, 11) is 0. The van der Waals surface area contributed by atoms with Crippen LogP contribution in [0.2, 0.25) is 0 Å². The van der Waals surface area contributed by atoms with Crippen LogP contribution in [0.5, 0.6) is 0 Å². The molecular formula is C87H71Br8NO8Rh2. The van der Waals surface area contributed by atoms with Gasteiger partial charge in [-0.15, -0.1) is 0 Å². The summed E-state index contributed by atoms with van der Waals surface area (Å²) < 4.78 is 6.90. The summed E-state index contributed by atoms with van der Waals surface area (Å²) in [4.78, 5) is 47.0. The molecule has 106 heavy (non-hydrogen) atoms. The number of rotatable bonds is 12. The van der Waals surface area contributed by atoms with Crippen molar-refractivity contribution in [3.05, 3.63) is 382 Å². The number of hydrogen-bond donors (Lipinski definition) is 0. The summed E-state index contributed by atoms with van der Waals surface area (Å²) >= 11 is 27.3. The molecule has 0 aromatic heterocycles. The van der Waals surface area contributed by atoms with Crippen molar-refractivity contribution < 1.29 is 78.6 Å². The molecule has 0 unspecified atom stereocenters. The molecule has 9 nitrogen and oxygen atoms in total. The van der Waals surface area contributed by atoms with Crippen molar-refractivity contribution in [3.8, 4) is 6.07 Å². The molecule has 0 bridgehead atoms. The van der Waals surface area contributed by atoms with E-state index in [-0.39, 0.29) is 62.6 Å². The molecule has 0 N–H and O–H groups in total. The molecule has 2 radical (unpaired) electrons. The molecule has 0 saturated heterocycles. The van der Waals surface area contributed by atoms with Gasteiger partial charge in [0.1, 0.15) is 0 Å². The van der Waals surface area contributed by atoms with E-state index in [0.717, 1.165) is 80.3 Å². The van der Waals surface area contributed by atoms with Crippen LogP contribution in [0.3, 0.4) is 0 Å². The van der Waals surface area contributed by atoms with Crippen LogP contribution in [-0.2, 0) is 79.8 Å². The molecule has 4 aliphatic carbocycles. The van der Waals surface area contributed by atoms with E-state index in [1.165, 1.54) is 23.6 Å². The van der Waals surface area contributed by atoms with E-state index >= 15 is 0 Å². The second kappa shape index (κ2) is 41.6. The average molecular weight is 2100 g/mol. The number of carbonyl (C=O) groups is 4. The van der Waals surface area contributed by atoms with Gasteiger partial charge in [0.05, 0.1) is 29.9 Å². The van der Waals surface area contributed by atoms with E-state index < -0.39 is 45.5 Å². The van der Waals surface area contributed by atoms with E-state index in [0.29, 0.717) is 25.7 Å². The standard InChI is InChI=1S/4C16H12Br2O2.3C7H8.C2H3N.2Rh/c4*17-12-6-11(7-13(18)8-12)16(15(19)20)9-14(16)10-4-2-1-3-5-10;3*1-7-5-3-2-4-6-7;1-2-3;;/h4*1-8,14H,9H2,(H,19,20);3*2-6H,1H3;1H3;;/q;;;;;;;;2*+2/p-4/t4*14-,16-;;;;;;/m0000....../s1. The number of carboxylic acids is 4. The second-order valence-corrected chi connectivity index (χ2v) is 32.9. The first-order chi connectivity index (χ1) is 49.7. The fourth-order valence-electron chi connectivity index (χ4n) is 12.9. The number of nitriles is 1. The van der Waals surface area contributed by atoms with Crippen LogP contribution in [0, 0.1) is 32.1 Å². The topological polar surface area (TPSA) is 184 Å². The van der Waals surface area contributed by atoms with Gasteiger partial charge in [0, 0.05) is 88.0 Å². The minimum absolute atomic E-state index is 0. The van der Waals surface area contributed by atoms with Crippen molar-refractivity contribution in [1.82, 2.24) is 0 Å². The number of hydrogen-bond acceptors (Lipinski definition) is 9. The van der Waals surface area contributed by atoms with Gasteiger partial charge in [-0.2, -0.15) is 5.26 Å². The Hall–Kier alpha value is -6.12. The van der Waals surface area contributed by atoms with Crippen molar-refractivity contribution >= 4 is 151 Å². The first-order valence-corrected chi connectivity index (χ1v) is 39.4. The number of benzene rings is 11. The van der Waals surface area contributed by atoms with Gasteiger partial charge in [-0.1, -0.05) is 356 Å². The maximum atomic E-state index is 11.7. The number of carbonyl (C=O) groups excluding carboxylic acids is 4. The Labute approximate surface area is 714 Å². The number of aryl methyl sites for hydroxylation is 3. The fourth-order valence-corrected chi connectivity index (χ4v) is 18.1. The molecule has 11 aromatic carbocycles. The summed E-state index contributed by atoms with van der Waals surface area (Å²) in [5, 5.41) is 54.3. The molecule has 0 heterocycles. The molecule has 19 heteroatoms. The third kappa shape index (κ3) is 23.5. The number of aliphatic carboxylic acids is 4. The average Bonchev–Trinajstić information content (AvgIpc) is 1.58. The Kier molecular flexibility index (Phi) is 34.8. The van der Waals surface area contributed by atoms with Crippen molar-refractivity contribution in [2.24, 2.45) is 0 Å². The molecule has 4 aliphatic rings. The summed E-state index contributed by atoms with van der Waals surface area (Å²) in [5.74, 6) is -4.09. The van der Waals surface area contributed by atoms with Crippen LogP contribution in [0.25, 0.3) is 0 Å². The third-order valence-corrected chi connectivity index (χ3v) is 22.1. The molecular weight excluding hydrogens is 2030 g/mol. The zero-order valence-corrected chi connectivity index (χ0v) is 73.6. The van der Waals surface area contributed by atoms with Gasteiger partial charge in [-0.05, 0) is 164 Å². The molecule has 11 aromatic rings. The maximum Gasteiger partial charge on any atom is 2.00 e. The van der Waals surface area contributed by atoms with Crippen molar-refractivity contribution in [3.63, 3.8) is 0 Å². The smallest absolute Gasteiger partial charge is 0.549 e. The molecule has 0 amide bonds. The zero-order chi connectivity index (χ0) is 75.4. The SMILES string of the molecule is CC#N.Cc1ccccc1.Cc1ccccc1.Cc1ccccc1.O=C([O-])[C@]1(c2cc(Br)cc(Br)c2)C[C@H]1c1ccccc1.O=C([O-])[C@]1(c2cc(Br)cc(Br)c2)C[C@H]1c1ccccc1.O=C([O-])[C@]1(c2cc(Br)cc(Br)c2)C[C@H]1c1ccccc1.O=C([O-])[C@]1(c2cc(Br)cc(Br)c2)C[C@H]1c1ccccc1.[Rh+2].[Rh+2]. The maximum absolute atomic E-state index is 11.7. The van der Waals surface area contributed by atoms with Crippen molar-refractivity contribution in [2.45, 2.75) is 98.7 Å². The van der Waals surface area contributed by atoms with Crippen LogP contribution < -0.4 is 20.4 Å². The summed E-state index contributed by atoms with van der Waals surface area (Å²) in [6, 6.07) is 94.0. The van der Waals surface area contributed by atoms with Crippen LogP contribution in [-0.4, -0.2) is 23.9 Å². The van der Waals surface area contributed by atoms with Crippen molar-refractivity contribution in [1.29, 1.82) is 5.26 Å². The molecule has 0 spiro atoms. The summed E-state index contributed by atoms with van der Waals surface area (Å²) in [6.45, 7) is 7.68. The monoisotopic (exact) mass is 2090 g/mol. The molecule has 15 rings (SSSR count). The number of halogens is 8. The fraction of sp³-hybridized carbons (Fsp3) is 0.184. The van der Waals surface area contributed by atoms with Crippen LogP contribution in [0.4, 0.5) is 0 Å². The normalized spacial score (nSPS) is 20.2. The Morgan fingerprint density at radius 2 is 0.425 bits per heavy atom. The van der Waals surface area contributed by atoms with E-state index in [1.54, 1.807) is 6.07 Å². The van der Waals surface area contributed by atoms with Gasteiger partial charge in [0.25, 0.3) is 0 Å². The van der Waals surface area contributed by atoms with E-state index in [2.05, 4.69) is 185 Å². The molecule has 4 saturated carbocycles. The van der Waals surface area contributed by atoms with Crippen molar-refractivity contribution in [2.75, 3.05) is 0 Å². The Bertz CT molecular complexity index is 4100. The van der Waals surface area contributed by atoms with E-state index in [1.807, 2.05) is 249 Å². The van der Waals surface area contributed by atoms with E-state index in [4.69, 9.17) is 5.26 Å². The Balaban J connectivity index is 0.000000199. The van der Waals surface area contributed by atoms with E-state index in [9.17, 15) is 39.6 Å². The van der Waals surface area contributed by atoms with Crippen LogP contribution >= 0.6 is 127 Å². The minimum atomic E-state index is -1.00. The van der Waals surface area contributed by atoms with Gasteiger partial charge in [0.15, 0.2) is 0 Å². The number of nitrogens with zero attached hydrogens (tertiary/aromatic N) is 1. The molecule has 4 fully saturated rings. The van der Waals surface area contributed by atoms with Gasteiger partial charge in [0.2, 0.25) is 0 Å². The van der Waals surface area contributed by atoms with Gasteiger partial charge < -0.3 is 39.6 Å². The third-order valence-electron chi connectivity index (χ3n) is 18.4. The Morgan fingerprint density at radius 1 is 0.292 bits per heavy atom. The summed E-state index contributed by atoms with van der Waals surface area (Å²) in [5.41, 5.74) is 7.66. The first kappa shape index (κ1) is 88.8. The molecule has 0 aliphatic heterocycles. The largest absolute Gasteiger partial charge is 2.00 e. The zero-order valence-electron chi connectivity index (χ0n) is 57.7. The van der Waals surface area contributed by atoms with Gasteiger partial charge in [-0.25, -0.2) is 0 Å². The summed E-state index contributed by atoms with van der Waals surface area (Å²) in [6.07, 6.45) is 2.34. The molecule has 8 atom stereocenters. The second-order valence-electron chi connectivity index (χ2n) is 25.5. The van der Waals surface area contributed by atoms with Crippen LogP contribution in [0.15, 0.2) is 321 Å². The molecule has 546 valence electrons. The quantitative estimate of drug-likeness (QED) is 0.107.